The highest BCUT2D eigenvalue weighted by Gasteiger charge is 2.57. The zero-order valence-corrected chi connectivity index (χ0v) is 15.3. The number of anilines is 1. The first-order chi connectivity index (χ1) is 13.8. The van der Waals surface area contributed by atoms with E-state index in [1.54, 1.807) is 24.3 Å². The zero-order valence-electron chi connectivity index (χ0n) is 15.3. The van der Waals surface area contributed by atoms with Crippen molar-refractivity contribution in [3.05, 3.63) is 53.1 Å². The highest BCUT2D eigenvalue weighted by atomic mass is 19.4. The Morgan fingerprint density at radius 3 is 2.72 bits per heavy atom. The van der Waals surface area contributed by atoms with Gasteiger partial charge in [0.05, 0.1) is 6.61 Å². The van der Waals surface area contributed by atoms with E-state index in [9.17, 15) is 23.1 Å². The summed E-state index contributed by atoms with van der Waals surface area (Å²) in [6.07, 6.45) is -7.06. The van der Waals surface area contributed by atoms with Crippen molar-refractivity contribution in [2.45, 2.75) is 30.5 Å². The fourth-order valence-electron chi connectivity index (χ4n) is 4.49. The second-order valence-corrected chi connectivity index (χ2v) is 7.57. The lowest BCUT2D eigenvalue weighted by Crippen LogP contribution is -2.44. The van der Waals surface area contributed by atoms with Crippen LogP contribution in [0.15, 0.2) is 36.4 Å². The van der Waals surface area contributed by atoms with Gasteiger partial charge in [-0.15, -0.1) is 0 Å². The molecule has 2 atom stereocenters. The fourth-order valence-corrected chi connectivity index (χ4v) is 4.49. The molecule has 0 aliphatic carbocycles. The second kappa shape index (κ2) is 6.13. The summed E-state index contributed by atoms with van der Waals surface area (Å²) >= 11 is 0. The third kappa shape index (κ3) is 2.55. The Labute approximate surface area is 164 Å². The fraction of sp³-hybridized carbons (Fsp3) is 0.381. The number of carbonyl (C=O) groups is 1. The van der Waals surface area contributed by atoms with Gasteiger partial charge in [-0.1, -0.05) is 18.2 Å². The van der Waals surface area contributed by atoms with E-state index in [0.717, 1.165) is 23.3 Å². The maximum atomic E-state index is 13.6. The van der Waals surface area contributed by atoms with Crippen LogP contribution in [0.5, 0.6) is 11.5 Å². The Kier molecular flexibility index (Phi) is 3.87. The predicted octanol–water partition coefficient (Wildman–Crippen LogP) is 2.96. The van der Waals surface area contributed by atoms with Crippen molar-refractivity contribution in [2.24, 2.45) is 0 Å². The number of aliphatic hydroxyl groups is 1. The normalized spacial score (nSPS) is 22.9. The molecule has 1 spiro atoms. The molecule has 8 heteroatoms. The molecule has 0 saturated carbocycles. The standard InChI is InChI=1S/C21H18F3NO4/c22-21(23,24)18(26)5-7-25-15-4-2-1-3-13(15)20(19(25)27)11-29-17-10-16-12(6-8-28-16)9-14(17)20/h1-4,9-10,18,26H,5-8,11H2. The summed E-state index contributed by atoms with van der Waals surface area (Å²) in [6.45, 7) is 0.415. The Morgan fingerprint density at radius 2 is 1.93 bits per heavy atom. The molecule has 2 aromatic rings. The van der Waals surface area contributed by atoms with Crippen molar-refractivity contribution < 1.29 is 32.5 Å². The average Bonchev–Trinajstić information content (AvgIpc) is 3.35. The van der Waals surface area contributed by atoms with Crippen molar-refractivity contribution in [2.75, 3.05) is 24.7 Å². The summed E-state index contributed by atoms with van der Waals surface area (Å²) in [5.41, 5.74) is 1.89. The van der Waals surface area contributed by atoms with Gasteiger partial charge in [0.2, 0.25) is 5.91 Å². The molecule has 5 rings (SSSR count). The largest absolute Gasteiger partial charge is 0.493 e. The molecule has 2 aromatic carbocycles. The number of para-hydroxylation sites is 1. The highest BCUT2D eigenvalue weighted by Crippen LogP contribution is 2.53. The van der Waals surface area contributed by atoms with E-state index >= 15 is 0 Å². The summed E-state index contributed by atoms with van der Waals surface area (Å²) in [5.74, 6) is 0.973. The summed E-state index contributed by atoms with van der Waals surface area (Å²) in [4.78, 5) is 14.9. The summed E-state index contributed by atoms with van der Waals surface area (Å²) in [7, 11) is 0. The van der Waals surface area contributed by atoms with E-state index in [2.05, 4.69) is 0 Å². The van der Waals surface area contributed by atoms with Crippen LogP contribution in [-0.4, -0.2) is 43.1 Å². The van der Waals surface area contributed by atoms with E-state index < -0.39 is 24.1 Å². The maximum Gasteiger partial charge on any atom is 0.414 e. The minimum atomic E-state index is -4.72. The van der Waals surface area contributed by atoms with Gasteiger partial charge in [-0.2, -0.15) is 13.2 Å². The molecule has 2 unspecified atom stereocenters. The second-order valence-electron chi connectivity index (χ2n) is 7.57. The SMILES string of the molecule is O=C1N(CCC(O)C(F)(F)F)c2ccccc2C12COc1cc3c(cc12)CCO3. The quantitative estimate of drug-likeness (QED) is 0.853. The number of halogens is 3. The van der Waals surface area contributed by atoms with Crippen LogP contribution in [0.4, 0.5) is 18.9 Å². The Hall–Kier alpha value is -2.74. The minimum absolute atomic E-state index is 0.0827. The Balaban J connectivity index is 1.56. The molecule has 0 bridgehead atoms. The molecule has 152 valence electrons. The van der Waals surface area contributed by atoms with Gasteiger partial charge in [0.15, 0.2) is 6.10 Å². The minimum Gasteiger partial charge on any atom is -0.493 e. The molecule has 1 N–H and O–H groups in total. The van der Waals surface area contributed by atoms with Crippen LogP contribution in [0.2, 0.25) is 0 Å². The lowest BCUT2D eigenvalue weighted by Gasteiger charge is -2.24. The number of amides is 1. The molecule has 3 aliphatic rings. The number of alkyl halides is 3. The number of fused-ring (bicyclic) bond motifs is 5. The first kappa shape index (κ1) is 18.3. The van der Waals surface area contributed by atoms with Gasteiger partial charge >= 0.3 is 6.18 Å². The van der Waals surface area contributed by atoms with Gasteiger partial charge in [0.25, 0.3) is 0 Å². The van der Waals surface area contributed by atoms with E-state index in [0.29, 0.717) is 23.6 Å². The molecule has 5 nitrogen and oxygen atoms in total. The molecule has 3 aliphatic heterocycles. The van der Waals surface area contributed by atoms with Crippen LogP contribution in [0.25, 0.3) is 0 Å². The first-order valence-corrected chi connectivity index (χ1v) is 9.41. The van der Waals surface area contributed by atoms with E-state index in [1.165, 1.54) is 4.90 Å². The molecule has 29 heavy (non-hydrogen) atoms. The Morgan fingerprint density at radius 1 is 1.14 bits per heavy atom. The van der Waals surface area contributed by atoms with E-state index in [1.807, 2.05) is 12.1 Å². The lowest BCUT2D eigenvalue weighted by molar-refractivity contribution is -0.204. The third-order valence-corrected chi connectivity index (χ3v) is 5.96. The topological polar surface area (TPSA) is 59.0 Å². The lowest BCUT2D eigenvalue weighted by atomic mass is 9.76. The summed E-state index contributed by atoms with van der Waals surface area (Å²) in [6, 6.07) is 10.8. The summed E-state index contributed by atoms with van der Waals surface area (Å²) in [5, 5.41) is 9.40. The number of nitrogens with zero attached hydrogens (tertiary/aromatic N) is 1. The maximum absolute atomic E-state index is 13.6. The van der Waals surface area contributed by atoms with E-state index in [-0.39, 0.29) is 19.1 Å². The molecule has 0 fully saturated rings. The predicted molar refractivity (Wildman–Crippen MR) is 97.4 cm³/mol. The molecule has 1 amide bonds. The first-order valence-electron chi connectivity index (χ1n) is 9.41. The Bertz CT molecular complexity index is 1010. The van der Waals surface area contributed by atoms with Gasteiger partial charge in [-0.05, 0) is 23.3 Å². The number of benzene rings is 2. The number of aliphatic hydroxyl groups excluding tert-OH is 1. The number of hydrogen-bond donors (Lipinski definition) is 1. The monoisotopic (exact) mass is 405 g/mol. The highest BCUT2D eigenvalue weighted by molar-refractivity contribution is 6.11. The van der Waals surface area contributed by atoms with Crippen molar-refractivity contribution in [3.63, 3.8) is 0 Å². The van der Waals surface area contributed by atoms with E-state index in [4.69, 9.17) is 9.47 Å². The molecule has 0 radical (unpaired) electrons. The van der Waals surface area contributed by atoms with Crippen molar-refractivity contribution in [1.29, 1.82) is 0 Å². The van der Waals surface area contributed by atoms with Crippen LogP contribution in [0, 0.1) is 0 Å². The molecular formula is C21H18F3NO4. The summed E-state index contributed by atoms with van der Waals surface area (Å²) < 4.78 is 49.7. The van der Waals surface area contributed by atoms with Crippen LogP contribution >= 0.6 is 0 Å². The average molecular weight is 405 g/mol. The van der Waals surface area contributed by atoms with Crippen LogP contribution < -0.4 is 14.4 Å². The van der Waals surface area contributed by atoms with Crippen LogP contribution in [-0.2, 0) is 16.6 Å². The number of rotatable bonds is 3. The molecule has 0 saturated heterocycles. The smallest absolute Gasteiger partial charge is 0.414 e. The van der Waals surface area contributed by atoms with Gasteiger partial charge in [0.1, 0.15) is 23.5 Å². The number of carbonyl (C=O) groups excluding carboxylic acids is 1. The third-order valence-electron chi connectivity index (χ3n) is 5.96. The molecular weight excluding hydrogens is 387 g/mol. The van der Waals surface area contributed by atoms with Crippen molar-refractivity contribution in [3.8, 4) is 11.5 Å². The zero-order chi connectivity index (χ0) is 20.4. The van der Waals surface area contributed by atoms with Gasteiger partial charge < -0.3 is 19.5 Å². The number of hydrogen-bond acceptors (Lipinski definition) is 4. The van der Waals surface area contributed by atoms with Crippen LogP contribution in [0.3, 0.4) is 0 Å². The number of ether oxygens (including phenoxy) is 2. The van der Waals surface area contributed by atoms with Crippen molar-refractivity contribution >= 4 is 11.6 Å². The molecule has 3 heterocycles. The van der Waals surface area contributed by atoms with Crippen molar-refractivity contribution in [1.82, 2.24) is 0 Å². The van der Waals surface area contributed by atoms with Gasteiger partial charge in [-0.25, -0.2) is 0 Å². The van der Waals surface area contributed by atoms with Crippen LogP contribution in [0.1, 0.15) is 23.1 Å². The van der Waals surface area contributed by atoms with Gasteiger partial charge in [-0.3, -0.25) is 4.79 Å². The van der Waals surface area contributed by atoms with Gasteiger partial charge in [0, 0.05) is 36.7 Å². The molecule has 0 aromatic heterocycles.